The molecule has 0 amide bonds. The first-order valence-corrected chi connectivity index (χ1v) is 8.51. The molecular formula is C19H18ClN3NaO3+. The third-order valence-electron chi connectivity index (χ3n) is 4.15. The van der Waals surface area contributed by atoms with E-state index < -0.39 is 5.97 Å². The average Bonchev–Trinajstić information content (AvgIpc) is 2.76. The molecule has 1 aliphatic heterocycles. The summed E-state index contributed by atoms with van der Waals surface area (Å²) >= 11 is 6.16. The normalized spacial score (nSPS) is 13.2. The van der Waals surface area contributed by atoms with Crippen LogP contribution in [-0.4, -0.2) is 52.4 Å². The van der Waals surface area contributed by atoms with Gasteiger partial charge < -0.3 is 15.2 Å². The van der Waals surface area contributed by atoms with Crippen molar-refractivity contribution in [3.63, 3.8) is 0 Å². The van der Waals surface area contributed by atoms with Crippen LogP contribution >= 0.6 is 11.6 Å². The number of fused-ring (bicyclic) bond motifs is 1. The van der Waals surface area contributed by atoms with E-state index in [1.807, 2.05) is 30.3 Å². The van der Waals surface area contributed by atoms with Crippen LogP contribution in [0.1, 0.15) is 17.5 Å². The Balaban J connectivity index is 0.00000261. The van der Waals surface area contributed by atoms with Gasteiger partial charge in [0, 0.05) is 24.2 Å². The summed E-state index contributed by atoms with van der Waals surface area (Å²) in [4.78, 5) is 17.1. The van der Waals surface area contributed by atoms with E-state index >= 15 is 0 Å². The molecule has 1 heterocycles. The first kappa shape index (κ1) is 21.4. The Morgan fingerprint density at radius 2 is 2.00 bits per heavy atom. The van der Waals surface area contributed by atoms with Crippen molar-refractivity contribution in [2.24, 2.45) is 4.99 Å². The summed E-state index contributed by atoms with van der Waals surface area (Å²) in [5, 5.41) is 22.4. The van der Waals surface area contributed by atoms with Crippen molar-refractivity contribution >= 4 is 34.8 Å². The van der Waals surface area contributed by atoms with Crippen LogP contribution < -0.4 is 29.6 Å². The molecular weight excluding hydrogens is 377 g/mol. The maximum absolute atomic E-state index is 13.0. The minimum atomic E-state index is -0.895. The number of hydrogen-bond acceptors (Lipinski definition) is 4. The zero-order chi connectivity index (χ0) is 18.7. The van der Waals surface area contributed by atoms with Gasteiger partial charge in [0.2, 0.25) is 12.3 Å². The molecule has 0 aliphatic carbocycles. The molecule has 0 saturated carbocycles. The smallest absolute Gasteiger partial charge is 0.623 e. The topological polar surface area (TPSA) is 79.0 Å². The molecule has 2 aromatic rings. The SMILES string of the molecule is CN(CCC(=O)O)C1=Nc2ccc(Cl)cc2C(c2ccccc2)=[N+]([O-])C1.[Na+]. The van der Waals surface area contributed by atoms with E-state index in [2.05, 4.69) is 4.99 Å². The fourth-order valence-corrected chi connectivity index (χ4v) is 2.98. The van der Waals surface area contributed by atoms with Crippen LogP contribution in [0.15, 0.2) is 53.5 Å². The van der Waals surface area contributed by atoms with Crippen molar-refractivity contribution in [2.75, 3.05) is 20.1 Å². The van der Waals surface area contributed by atoms with Gasteiger partial charge in [0.1, 0.15) is 0 Å². The second-order valence-electron chi connectivity index (χ2n) is 6.01. The second kappa shape index (κ2) is 9.37. The van der Waals surface area contributed by atoms with Crippen LogP contribution in [0.5, 0.6) is 0 Å². The quantitative estimate of drug-likeness (QED) is 0.454. The minimum Gasteiger partial charge on any atom is -0.623 e. The van der Waals surface area contributed by atoms with Crippen molar-refractivity contribution in [3.05, 3.63) is 69.9 Å². The maximum Gasteiger partial charge on any atom is 1.00 e. The van der Waals surface area contributed by atoms with Crippen molar-refractivity contribution in [1.82, 2.24) is 4.90 Å². The van der Waals surface area contributed by atoms with E-state index in [0.717, 1.165) is 10.3 Å². The number of hydrogen-bond donors (Lipinski definition) is 1. The Kier molecular flexibility index (Phi) is 7.44. The summed E-state index contributed by atoms with van der Waals surface area (Å²) < 4.78 is 0.883. The van der Waals surface area contributed by atoms with E-state index in [-0.39, 0.29) is 49.1 Å². The van der Waals surface area contributed by atoms with Gasteiger partial charge in [0.25, 0.3) is 0 Å². The Morgan fingerprint density at radius 3 is 2.67 bits per heavy atom. The van der Waals surface area contributed by atoms with Crippen molar-refractivity contribution in [3.8, 4) is 0 Å². The van der Waals surface area contributed by atoms with Gasteiger partial charge in [-0.2, -0.15) is 4.74 Å². The summed E-state index contributed by atoms with van der Waals surface area (Å²) in [6, 6.07) is 14.6. The largest absolute Gasteiger partial charge is 1.00 e. The van der Waals surface area contributed by atoms with Crippen molar-refractivity contribution < 1.29 is 44.2 Å². The zero-order valence-corrected chi connectivity index (χ0v) is 18.0. The number of rotatable bonds is 4. The van der Waals surface area contributed by atoms with Gasteiger partial charge in [-0.1, -0.05) is 29.8 Å². The van der Waals surface area contributed by atoms with Gasteiger partial charge in [-0.05, 0) is 30.3 Å². The molecule has 0 bridgehead atoms. The molecule has 6 nitrogen and oxygen atoms in total. The molecule has 27 heavy (non-hydrogen) atoms. The summed E-state index contributed by atoms with van der Waals surface area (Å²) in [5.41, 5.74) is 2.55. The molecule has 0 atom stereocenters. The molecule has 2 aromatic carbocycles. The van der Waals surface area contributed by atoms with Crippen molar-refractivity contribution in [1.29, 1.82) is 0 Å². The molecule has 1 aliphatic rings. The van der Waals surface area contributed by atoms with E-state index in [1.54, 1.807) is 30.1 Å². The first-order valence-electron chi connectivity index (χ1n) is 8.13. The Bertz CT molecular complexity index is 900. The van der Waals surface area contributed by atoms with Crippen LogP contribution in [0.2, 0.25) is 5.02 Å². The number of carboxylic acids is 1. The van der Waals surface area contributed by atoms with Crippen LogP contribution in [0, 0.1) is 5.21 Å². The molecule has 134 valence electrons. The Morgan fingerprint density at radius 1 is 1.30 bits per heavy atom. The Labute approximate surface area is 184 Å². The predicted molar refractivity (Wildman–Crippen MR) is 102 cm³/mol. The predicted octanol–water partition coefficient (Wildman–Crippen LogP) is 0.142. The number of likely N-dealkylation sites (N-methyl/N-ethyl adjacent to an activating group) is 1. The number of halogens is 1. The number of carbonyl (C=O) groups is 1. The fraction of sp³-hybridized carbons (Fsp3) is 0.211. The van der Waals surface area contributed by atoms with Crippen molar-refractivity contribution in [2.45, 2.75) is 6.42 Å². The van der Waals surface area contributed by atoms with E-state index in [0.29, 0.717) is 27.8 Å². The van der Waals surface area contributed by atoms with Crippen LogP contribution in [0.3, 0.4) is 0 Å². The standard InChI is InChI=1S/C19H18ClN3O3.Na/c1-22(10-9-18(24)25)17-12-23(26)19(13-5-3-2-4-6-13)15-11-14(20)7-8-16(15)21-17;/h2-8,11H,9-10,12H2,1H3,(H,24,25);/q;+1. The molecule has 3 rings (SSSR count). The van der Waals surface area contributed by atoms with E-state index in [9.17, 15) is 10.0 Å². The Hall–Kier alpha value is -1.86. The number of nitrogens with zero attached hydrogens (tertiary/aromatic N) is 3. The second-order valence-corrected chi connectivity index (χ2v) is 6.44. The van der Waals surface area contributed by atoms with Crippen LogP contribution in [0.25, 0.3) is 0 Å². The maximum atomic E-state index is 13.0. The van der Waals surface area contributed by atoms with Gasteiger partial charge in [0.05, 0.1) is 17.7 Å². The van der Waals surface area contributed by atoms with Gasteiger partial charge >= 0.3 is 35.5 Å². The monoisotopic (exact) mass is 394 g/mol. The number of aliphatic imine (C=N–C) groups is 1. The summed E-state index contributed by atoms with van der Waals surface area (Å²) in [7, 11) is 1.73. The molecule has 0 unspecified atom stereocenters. The number of benzene rings is 2. The summed E-state index contributed by atoms with van der Waals surface area (Å²) in [6.07, 6.45) is -0.0306. The number of aliphatic carboxylic acids is 1. The fourth-order valence-electron chi connectivity index (χ4n) is 2.81. The van der Waals surface area contributed by atoms with E-state index in [4.69, 9.17) is 16.7 Å². The minimum absolute atomic E-state index is 0. The van der Waals surface area contributed by atoms with Gasteiger partial charge in [0.15, 0.2) is 5.84 Å². The third-order valence-corrected chi connectivity index (χ3v) is 4.38. The van der Waals surface area contributed by atoms with Gasteiger partial charge in [-0.3, -0.25) is 4.79 Å². The molecule has 0 saturated heterocycles. The van der Waals surface area contributed by atoms with Gasteiger partial charge in [-0.25, -0.2) is 4.99 Å². The summed E-state index contributed by atoms with van der Waals surface area (Å²) in [5.74, 6) is -0.385. The molecule has 8 heteroatoms. The summed E-state index contributed by atoms with van der Waals surface area (Å²) in [6.45, 7) is 0.290. The first-order chi connectivity index (χ1) is 12.5. The third kappa shape index (κ3) is 5.11. The molecule has 0 spiro atoms. The van der Waals surface area contributed by atoms with Crippen LogP contribution in [0.4, 0.5) is 5.69 Å². The average molecular weight is 395 g/mol. The van der Waals surface area contributed by atoms with Crippen LogP contribution in [-0.2, 0) is 4.79 Å². The number of hydroxylamine groups is 1. The molecule has 0 aromatic heterocycles. The molecule has 1 N–H and O–H groups in total. The van der Waals surface area contributed by atoms with E-state index in [1.165, 1.54) is 0 Å². The number of amidine groups is 1. The zero-order valence-electron chi connectivity index (χ0n) is 15.2. The molecule has 0 fully saturated rings. The number of carboxylic acid groups (broad SMARTS) is 1. The molecule has 0 radical (unpaired) electrons. The van der Waals surface area contributed by atoms with Gasteiger partial charge in [-0.15, -0.1) is 0 Å².